The highest BCUT2D eigenvalue weighted by Crippen LogP contribution is 2.41. The van der Waals surface area contributed by atoms with Crippen LogP contribution in [0.5, 0.6) is 11.5 Å². The Balaban J connectivity index is 1.36. The summed E-state index contributed by atoms with van der Waals surface area (Å²) in [6.07, 6.45) is 4.66. The molecule has 0 bridgehead atoms. The van der Waals surface area contributed by atoms with Crippen molar-refractivity contribution < 1.29 is 54.0 Å². The van der Waals surface area contributed by atoms with Gasteiger partial charge >= 0.3 is 31.7 Å². The molecule has 16 heteroatoms. The molecule has 4 aromatic rings. The van der Waals surface area contributed by atoms with Crippen LogP contribution in [0, 0.1) is 0 Å². The average molecular weight is 705 g/mol. The molecular weight excluding hydrogens is 689 g/mol. The lowest BCUT2D eigenvalue weighted by Crippen LogP contribution is -2.25. The Hall–Kier alpha value is -6.70. The molecule has 0 aliphatic heterocycles. The first-order chi connectivity index (χ1) is 23.9. The number of benzene rings is 4. The predicted molar refractivity (Wildman–Crippen MR) is 172 cm³/mol. The van der Waals surface area contributed by atoms with Crippen LogP contribution in [0.3, 0.4) is 0 Å². The maximum absolute atomic E-state index is 13.9. The fourth-order valence-corrected chi connectivity index (χ4v) is 8.12. The van der Waals surface area contributed by atoms with Crippen LogP contribution in [0.25, 0.3) is 23.2 Å². The standard InChI is InChI=1S/C34H16N4O10S2/c35-37-23-13-11-17-19(31(23)39)7-3-9-27(17)49(43,44)47-25-15-16-26(30-29(25)33(41)21-5-1-2-6-22(21)34(30)42)48-50(45,46)28-10-4-8-20-18(28)12-14-24(38-36)32(20)40/h1-16H. The quantitative estimate of drug-likeness (QED) is 0.141. The van der Waals surface area contributed by atoms with Gasteiger partial charge in [-0.1, -0.05) is 48.5 Å². The second-order valence-corrected chi connectivity index (χ2v) is 13.9. The number of fused-ring (bicyclic) bond motifs is 4. The average Bonchev–Trinajstić information content (AvgIpc) is 3.11. The molecule has 0 spiro atoms. The molecule has 244 valence electrons. The maximum atomic E-state index is 13.9. The molecule has 0 N–H and O–H groups in total. The number of ketones is 4. The van der Waals surface area contributed by atoms with Gasteiger partial charge in [-0.2, -0.15) is 26.4 Å². The van der Waals surface area contributed by atoms with Gasteiger partial charge in [0.15, 0.2) is 23.1 Å². The van der Waals surface area contributed by atoms with Crippen LogP contribution in [0.15, 0.2) is 94.7 Å². The van der Waals surface area contributed by atoms with Gasteiger partial charge in [-0.15, -0.1) is 0 Å². The van der Waals surface area contributed by atoms with Crippen LogP contribution in [-0.2, 0) is 20.2 Å². The minimum atomic E-state index is -4.86. The summed E-state index contributed by atoms with van der Waals surface area (Å²) < 4.78 is 65.8. The zero-order valence-corrected chi connectivity index (χ0v) is 26.6. The molecule has 3 aliphatic rings. The van der Waals surface area contributed by atoms with E-state index >= 15 is 0 Å². The van der Waals surface area contributed by atoms with E-state index in [2.05, 4.69) is 9.58 Å². The van der Waals surface area contributed by atoms with Crippen molar-refractivity contribution in [3.8, 4) is 11.5 Å². The minimum Gasteiger partial charge on any atom is -0.378 e. The van der Waals surface area contributed by atoms with Gasteiger partial charge in [0.2, 0.25) is 0 Å². The summed E-state index contributed by atoms with van der Waals surface area (Å²) in [6, 6.07) is 14.9. The highest BCUT2D eigenvalue weighted by Gasteiger charge is 2.39. The summed E-state index contributed by atoms with van der Waals surface area (Å²) in [5.74, 6) is -4.56. The van der Waals surface area contributed by atoms with E-state index in [9.17, 15) is 36.0 Å². The first-order valence-corrected chi connectivity index (χ1v) is 17.1. The maximum Gasteiger partial charge on any atom is 0.362 e. The molecule has 14 nitrogen and oxygen atoms in total. The van der Waals surface area contributed by atoms with E-state index in [-0.39, 0.29) is 44.8 Å². The molecular formula is C34H16N4O10S2. The zero-order valence-electron chi connectivity index (χ0n) is 24.9. The smallest absolute Gasteiger partial charge is 0.362 e. The molecule has 0 unspecified atom stereocenters. The SMILES string of the molecule is [N-]=[N+]=C1C=Cc2c(cccc2S(=O)(=O)Oc2ccc(OS(=O)(=O)c3cccc4c3C=CC(=[N+]=[N-])C4=O)c3c2C(=O)c2ccccc2C3=O)C1=O. The van der Waals surface area contributed by atoms with Gasteiger partial charge in [0.1, 0.15) is 9.79 Å². The van der Waals surface area contributed by atoms with E-state index in [4.69, 9.17) is 19.4 Å². The number of hydrogen-bond acceptors (Lipinski definition) is 10. The summed E-state index contributed by atoms with van der Waals surface area (Å²) in [5.41, 5.74) is 15.7. The Kier molecular flexibility index (Phi) is 7.31. The van der Waals surface area contributed by atoms with Crippen LogP contribution >= 0.6 is 0 Å². The summed E-state index contributed by atoms with van der Waals surface area (Å²) in [6.45, 7) is 0. The summed E-state index contributed by atoms with van der Waals surface area (Å²) >= 11 is 0. The first kappa shape index (κ1) is 31.9. The van der Waals surface area contributed by atoms with Gasteiger partial charge < -0.3 is 19.4 Å². The minimum absolute atomic E-state index is 0.0892. The lowest BCUT2D eigenvalue weighted by Gasteiger charge is -2.23. The number of allylic oxidation sites excluding steroid dienone is 2. The number of nitrogens with zero attached hydrogens (tertiary/aromatic N) is 4. The van der Waals surface area contributed by atoms with Crippen molar-refractivity contribution in [3.05, 3.63) is 141 Å². The number of rotatable bonds is 6. The Morgan fingerprint density at radius 3 is 1.22 bits per heavy atom. The molecule has 0 aromatic heterocycles. The van der Waals surface area contributed by atoms with Gasteiger partial charge in [-0.05, 0) is 36.4 Å². The van der Waals surface area contributed by atoms with Gasteiger partial charge in [0, 0.05) is 45.5 Å². The van der Waals surface area contributed by atoms with Gasteiger partial charge in [-0.25, -0.2) is 0 Å². The molecule has 0 amide bonds. The molecule has 0 atom stereocenters. The fourth-order valence-electron chi connectivity index (χ4n) is 5.80. The Labute approximate surface area is 282 Å². The van der Waals surface area contributed by atoms with Crippen LogP contribution in [0.2, 0.25) is 0 Å². The third-order valence-corrected chi connectivity index (χ3v) is 10.6. The highest BCUT2D eigenvalue weighted by atomic mass is 32.2. The monoisotopic (exact) mass is 704 g/mol. The van der Waals surface area contributed by atoms with Crippen LogP contribution in [0.1, 0.15) is 63.7 Å². The number of hydrogen-bond donors (Lipinski definition) is 0. The van der Waals surface area contributed by atoms with Gasteiger partial charge in [-0.3, -0.25) is 19.2 Å². The summed E-state index contributed by atoms with van der Waals surface area (Å²) in [5, 5.41) is 0. The van der Waals surface area contributed by atoms with Crippen molar-refractivity contribution in [2.45, 2.75) is 9.79 Å². The van der Waals surface area contributed by atoms with E-state index < -0.39 is 75.8 Å². The fraction of sp³-hybridized carbons (Fsp3) is 0. The summed E-state index contributed by atoms with van der Waals surface area (Å²) in [7, 11) is -9.73. The van der Waals surface area contributed by atoms with Crippen LogP contribution in [0.4, 0.5) is 0 Å². The number of carbonyl (C=O) groups is 4. The van der Waals surface area contributed by atoms with Crippen LogP contribution in [-0.4, -0.2) is 61.0 Å². The number of Topliss-reactive ketones (excluding diaryl/α,β-unsaturated/α-hetero) is 2. The molecule has 0 saturated carbocycles. The Morgan fingerprint density at radius 2 is 0.840 bits per heavy atom. The third-order valence-electron chi connectivity index (χ3n) is 8.05. The lowest BCUT2D eigenvalue weighted by atomic mass is 9.83. The van der Waals surface area contributed by atoms with E-state index in [1.165, 1.54) is 60.7 Å². The van der Waals surface area contributed by atoms with Crippen molar-refractivity contribution >= 4 is 66.9 Å². The second-order valence-electron chi connectivity index (χ2n) is 10.8. The first-order valence-electron chi connectivity index (χ1n) is 14.3. The number of carbonyl (C=O) groups excluding carboxylic acids is 4. The largest absolute Gasteiger partial charge is 0.378 e. The van der Waals surface area contributed by atoms with Gasteiger partial charge in [0.25, 0.3) is 11.6 Å². The van der Waals surface area contributed by atoms with Crippen molar-refractivity contribution in [3.63, 3.8) is 0 Å². The zero-order chi connectivity index (χ0) is 35.5. The topological polar surface area (TPSA) is 228 Å². The van der Waals surface area contributed by atoms with Crippen molar-refractivity contribution in [2.24, 2.45) is 0 Å². The van der Waals surface area contributed by atoms with E-state index in [1.54, 1.807) is 0 Å². The Morgan fingerprint density at radius 1 is 0.460 bits per heavy atom. The molecule has 7 rings (SSSR count). The second kappa shape index (κ2) is 11.5. The van der Waals surface area contributed by atoms with E-state index in [1.807, 2.05) is 0 Å². The van der Waals surface area contributed by atoms with E-state index in [0.717, 1.165) is 36.4 Å². The van der Waals surface area contributed by atoms with Gasteiger partial charge in [0.05, 0.1) is 11.1 Å². The van der Waals surface area contributed by atoms with Crippen LogP contribution < -0.4 is 8.37 Å². The predicted octanol–water partition coefficient (Wildman–Crippen LogP) is 3.76. The van der Waals surface area contributed by atoms with Crippen molar-refractivity contribution in [1.82, 2.24) is 0 Å². The normalized spacial score (nSPS) is 14.6. The lowest BCUT2D eigenvalue weighted by molar-refractivity contribution is -0.00459. The molecule has 50 heavy (non-hydrogen) atoms. The molecule has 0 fully saturated rings. The Bertz CT molecular complexity index is 2530. The summed E-state index contributed by atoms with van der Waals surface area (Å²) in [4.78, 5) is 58.0. The van der Waals surface area contributed by atoms with E-state index in [0.29, 0.717) is 0 Å². The molecule has 0 radical (unpaired) electrons. The third kappa shape index (κ3) is 4.87. The van der Waals surface area contributed by atoms with Crippen molar-refractivity contribution in [1.29, 1.82) is 0 Å². The molecule has 3 aliphatic carbocycles. The molecule has 4 aromatic carbocycles. The van der Waals surface area contributed by atoms with Crippen molar-refractivity contribution in [2.75, 3.05) is 0 Å². The highest BCUT2D eigenvalue weighted by molar-refractivity contribution is 7.87. The molecule has 0 saturated heterocycles. The molecule has 0 heterocycles.